The van der Waals surface area contributed by atoms with Crippen LogP contribution in [0.4, 0.5) is 10.6 Å². The summed E-state index contributed by atoms with van der Waals surface area (Å²) in [6.07, 6.45) is 4.62. The summed E-state index contributed by atoms with van der Waals surface area (Å²) in [7, 11) is 0. The second-order valence-corrected chi connectivity index (χ2v) is 13.0. The van der Waals surface area contributed by atoms with Gasteiger partial charge in [0.15, 0.2) is 0 Å². The molecule has 10 nitrogen and oxygen atoms in total. The Balaban J connectivity index is 1.41. The summed E-state index contributed by atoms with van der Waals surface area (Å²) in [4.78, 5) is 44.7. The second kappa shape index (κ2) is 12.5. The number of carbonyl (C=O) groups excluding carboxylic acids is 2. The standard InChI is InChI=1S/C29H33Cl2N7O3S/c1-29(2,3)41-28(40)37-24-6-5-10-38(24)27(39)17-14-22-18(13-19(17)31)25(33-15-32-22)35-21(9-11-42-4)26-34-20-8-7-16(30)12-23(20)36-26/h7-8,12-15,21,24H,5-6,9-11H2,1-4H3,(H,34,36)(H,37,40)(H,32,33,35)/t21-,24?/m0/s1. The molecule has 2 aromatic heterocycles. The Morgan fingerprint density at radius 2 is 2.00 bits per heavy atom. The highest BCUT2D eigenvalue weighted by molar-refractivity contribution is 7.98. The van der Waals surface area contributed by atoms with Gasteiger partial charge in [-0.15, -0.1) is 0 Å². The Kier molecular flexibility index (Phi) is 9.00. The summed E-state index contributed by atoms with van der Waals surface area (Å²) >= 11 is 14.6. The van der Waals surface area contributed by atoms with Gasteiger partial charge in [0.1, 0.15) is 29.7 Å². The lowest BCUT2D eigenvalue weighted by Gasteiger charge is -2.27. The maximum atomic E-state index is 13.6. The molecule has 0 aliphatic carbocycles. The molecule has 0 saturated carbocycles. The molecule has 2 amide bonds. The normalized spacial score (nSPS) is 16.1. The Bertz CT molecular complexity index is 1620. The van der Waals surface area contributed by atoms with Gasteiger partial charge in [0, 0.05) is 17.0 Å². The van der Waals surface area contributed by atoms with Gasteiger partial charge in [-0.05, 0) is 82.4 Å². The van der Waals surface area contributed by atoms with Crippen LogP contribution in [0.2, 0.25) is 10.0 Å². The second-order valence-electron chi connectivity index (χ2n) is 11.1. The van der Waals surface area contributed by atoms with E-state index in [0.717, 1.165) is 35.5 Å². The van der Waals surface area contributed by atoms with Crippen LogP contribution in [-0.2, 0) is 4.74 Å². The Morgan fingerprint density at radius 1 is 1.19 bits per heavy atom. The topological polar surface area (TPSA) is 125 Å². The molecule has 0 bridgehead atoms. The number of amides is 2. The number of aromatic nitrogens is 4. The molecule has 2 aromatic carbocycles. The summed E-state index contributed by atoms with van der Waals surface area (Å²) in [6.45, 7) is 5.87. The van der Waals surface area contributed by atoms with Crippen molar-refractivity contribution in [3.8, 4) is 0 Å². The zero-order valence-electron chi connectivity index (χ0n) is 23.8. The highest BCUT2D eigenvalue weighted by Crippen LogP contribution is 2.32. The molecule has 0 radical (unpaired) electrons. The smallest absolute Gasteiger partial charge is 0.409 e. The number of hydrogen-bond acceptors (Lipinski definition) is 8. The molecule has 5 rings (SSSR count). The minimum atomic E-state index is -0.642. The van der Waals surface area contributed by atoms with Gasteiger partial charge in [0.05, 0.1) is 33.2 Å². The summed E-state index contributed by atoms with van der Waals surface area (Å²) in [6, 6.07) is 8.78. The number of ether oxygens (including phenoxy) is 1. The van der Waals surface area contributed by atoms with Crippen molar-refractivity contribution >= 4 is 74.7 Å². The largest absolute Gasteiger partial charge is 0.444 e. The Morgan fingerprint density at radius 3 is 2.76 bits per heavy atom. The molecule has 0 spiro atoms. The third kappa shape index (κ3) is 6.85. The van der Waals surface area contributed by atoms with Gasteiger partial charge in [0.25, 0.3) is 5.91 Å². The highest BCUT2D eigenvalue weighted by atomic mass is 35.5. The van der Waals surface area contributed by atoms with E-state index in [1.165, 1.54) is 6.33 Å². The molecule has 13 heteroatoms. The third-order valence-corrected chi connectivity index (χ3v) is 8.06. The number of H-pyrrole nitrogens is 1. The van der Waals surface area contributed by atoms with Crippen LogP contribution in [0.5, 0.6) is 0 Å². The first-order chi connectivity index (χ1) is 20.0. The number of imidazole rings is 1. The van der Waals surface area contributed by atoms with E-state index in [1.54, 1.807) is 49.6 Å². The van der Waals surface area contributed by atoms with Gasteiger partial charge >= 0.3 is 6.09 Å². The zero-order valence-corrected chi connectivity index (χ0v) is 26.2. The van der Waals surface area contributed by atoms with E-state index >= 15 is 0 Å². The fraction of sp³-hybridized carbons (Fsp3) is 0.414. The fourth-order valence-electron chi connectivity index (χ4n) is 4.96. The summed E-state index contributed by atoms with van der Waals surface area (Å²) < 4.78 is 5.39. The van der Waals surface area contributed by atoms with Crippen LogP contribution in [0.3, 0.4) is 0 Å². The molecule has 1 saturated heterocycles. The molecule has 1 aliphatic heterocycles. The van der Waals surface area contributed by atoms with Gasteiger partial charge in [-0.3, -0.25) is 4.79 Å². The first kappa shape index (κ1) is 30.2. The number of alkyl carbamates (subject to hydrolysis) is 1. The van der Waals surface area contributed by atoms with E-state index in [0.29, 0.717) is 40.3 Å². The van der Waals surface area contributed by atoms with Gasteiger partial charge in [-0.2, -0.15) is 11.8 Å². The zero-order chi connectivity index (χ0) is 30.0. The number of rotatable bonds is 8. The van der Waals surface area contributed by atoms with Gasteiger partial charge in [-0.1, -0.05) is 23.2 Å². The van der Waals surface area contributed by atoms with Crippen molar-refractivity contribution in [2.45, 2.75) is 57.8 Å². The van der Waals surface area contributed by atoms with Gasteiger partial charge in [-0.25, -0.2) is 19.7 Å². The van der Waals surface area contributed by atoms with Crippen molar-refractivity contribution in [2.24, 2.45) is 0 Å². The number of thioether (sulfide) groups is 1. The van der Waals surface area contributed by atoms with Gasteiger partial charge < -0.3 is 25.3 Å². The number of likely N-dealkylation sites (tertiary alicyclic amines) is 1. The molecule has 3 heterocycles. The summed E-state index contributed by atoms with van der Waals surface area (Å²) in [5, 5.41) is 7.91. The van der Waals surface area contributed by atoms with Crippen molar-refractivity contribution in [1.82, 2.24) is 30.2 Å². The molecule has 4 aromatic rings. The Hall–Kier alpha value is -3.28. The average Bonchev–Trinajstić information content (AvgIpc) is 3.56. The van der Waals surface area contributed by atoms with Crippen molar-refractivity contribution < 1.29 is 14.3 Å². The molecule has 42 heavy (non-hydrogen) atoms. The first-order valence-electron chi connectivity index (χ1n) is 13.7. The van der Waals surface area contributed by atoms with Crippen LogP contribution in [0.15, 0.2) is 36.7 Å². The first-order valence-corrected chi connectivity index (χ1v) is 15.8. The molecule has 2 atom stereocenters. The maximum absolute atomic E-state index is 13.6. The van der Waals surface area contributed by atoms with Crippen LogP contribution < -0.4 is 10.6 Å². The van der Waals surface area contributed by atoms with Crippen LogP contribution >= 0.6 is 35.0 Å². The predicted molar refractivity (Wildman–Crippen MR) is 168 cm³/mol. The van der Waals surface area contributed by atoms with E-state index in [9.17, 15) is 9.59 Å². The number of benzene rings is 2. The maximum Gasteiger partial charge on any atom is 0.409 e. The molecule has 1 fully saturated rings. The number of nitrogens with zero attached hydrogens (tertiary/aromatic N) is 4. The molecular formula is C29H33Cl2N7O3S. The van der Waals surface area contributed by atoms with Crippen LogP contribution in [0, 0.1) is 0 Å². The molecule has 3 N–H and O–H groups in total. The van der Waals surface area contributed by atoms with Crippen LogP contribution in [-0.4, -0.2) is 67.2 Å². The molecule has 222 valence electrons. The predicted octanol–water partition coefficient (Wildman–Crippen LogP) is 6.81. The number of fused-ring (bicyclic) bond motifs is 2. The summed E-state index contributed by atoms with van der Waals surface area (Å²) in [5.74, 6) is 1.96. The lowest BCUT2D eigenvalue weighted by atomic mass is 10.1. The average molecular weight is 631 g/mol. The van der Waals surface area contributed by atoms with Crippen LogP contribution in [0.25, 0.3) is 21.9 Å². The van der Waals surface area contributed by atoms with Crippen molar-refractivity contribution in [3.63, 3.8) is 0 Å². The molecule has 1 aliphatic rings. The lowest BCUT2D eigenvalue weighted by molar-refractivity contribution is 0.0433. The van der Waals surface area contributed by atoms with Crippen molar-refractivity contribution in [3.05, 3.63) is 58.1 Å². The van der Waals surface area contributed by atoms with E-state index < -0.39 is 17.9 Å². The van der Waals surface area contributed by atoms with Gasteiger partial charge in [0.2, 0.25) is 0 Å². The van der Waals surface area contributed by atoms with Crippen LogP contribution in [0.1, 0.15) is 62.3 Å². The number of nitrogens with one attached hydrogen (secondary N) is 3. The van der Waals surface area contributed by atoms with E-state index in [-0.39, 0.29) is 17.0 Å². The minimum Gasteiger partial charge on any atom is -0.444 e. The van der Waals surface area contributed by atoms with Crippen molar-refractivity contribution in [2.75, 3.05) is 23.9 Å². The monoisotopic (exact) mass is 629 g/mol. The highest BCUT2D eigenvalue weighted by Gasteiger charge is 2.33. The quantitative estimate of drug-likeness (QED) is 0.194. The lowest BCUT2D eigenvalue weighted by Crippen LogP contribution is -2.48. The van der Waals surface area contributed by atoms with E-state index in [1.807, 2.05) is 18.2 Å². The van der Waals surface area contributed by atoms with E-state index in [2.05, 4.69) is 31.8 Å². The van der Waals surface area contributed by atoms with Crippen molar-refractivity contribution in [1.29, 1.82) is 0 Å². The van der Waals surface area contributed by atoms with E-state index in [4.69, 9.17) is 32.9 Å². The number of halogens is 2. The SMILES string of the molecule is CSCC[C@H](Nc1ncnc2cc(C(=O)N3CCCC3NC(=O)OC(C)(C)C)c(Cl)cc12)c1nc2cc(Cl)ccc2[nH]1. The number of hydrogen-bond donors (Lipinski definition) is 3. The third-order valence-electron chi connectivity index (χ3n) is 6.87. The molecular weight excluding hydrogens is 597 g/mol. The summed E-state index contributed by atoms with van der Waals surface area (Å²) in [5.41, 5.74) is 1.91. The molecule has 1 unspecified atom stereocenters. The number of anilines is 1. The minimum absolute atomic E-state index is 0.175. The fourth-order valence-corrected chi connectivity index (χ4v) is 5.84. The number of carbonyl (C=O) groups is 2. The Labute approximate surface area is 258 Å². The number of aromatic amines is 1.